The zero-order valence-corrected chi connectivity index (χ0v) is 6.69. The smallest absolute Gasteiger partial charge is 0.0325 e. The monoisotopic (exact) mass is 150 g/mol. The van der Waals surface area contributed by atoms with Gasteiger partial charge >= 0.3 is 0 Å². The van der Waals surface area contributed by atoms with Crippen molar-refractivity contribution >= 4 is 0 Å². The Hall–Kier alpha value is -0.0800. The zero-order valence-electron chi connectivity index (χ0n) is 6.69. The fraction of sp³-hybridized carbons (Fsp3) is 1.00. The molecule has 11 heavy (non-hydrogen) atoms. The van der Waals surface area contributed by atoms with E-state index in [9.17, 15) is 0 Å². The van der Waals surface area contributed by atoms with Crippen molar-refractivity contribution in [3.8, 4) is 0 Å². The SMILES string of the molecule is C1NNC2C1C21CCC12CC2. The number of hydrogen-bond donors (Lipinski definition) is 2. The van der Waals surface area contributed by atoms with Gasteiger partial charge in [-0.05, 0) is 42.4 Å². The molecule has 1 aliphatic heterocycles. The van der Waals surface area contributed by atoms with Gasteiger partial charge in [-0.1, -0.05) is 0 Å². The van der Waals surface area contributed by atoms with Crippen molar-refractivity contribution in [3.63, 3.8) is 0 Å². The molecule has 2 N–H and O–H groups in total. The summed E-state index contributed by atoms with van der Waals surface area (Å²) in [7, 11) is 0. The third-order valence-electron chi connectivity index (χ3n) is 4.95. The van der Waals surface area contributed by atoms with Gasteiger partial charge in [0.05, 0.1) is 0 Å². The molecule has 4 rings (SSSR count). The Morgan fingerprint density at radius 1 is 1.09 bits per heavy atom. The largest absolute Gasteiger partial charge is 0.257 e. The molecular weight excluding hydrogens is 136 g/mol. The van der Waals surface area contributed by atoms with Crippen molar-refractivity contribution in [3.05, 3.63) is 0 Å². The van der Waals surface area contributed by atoms with Crippen molar-refractivity contribution in [2.45, 2.75) is 31.7 Å². The van der Waals surface area contributed by atoms with Crippen LogP contribution in [0.4, 0.5) is 0 Å². The van der Waals surface area contributed by atoms with E-state index >= 15 is 0 Å². The van der Waals surface area contributed by atoms with E-state index in [-0.39, 0.29) is 0 Å². The summed E-state index contributed by atoms with van der Waals surface area (Å²) in [5.41, 5.74) is 8.38. The highest BCUT2D eigenvalue weighted by Gasteiger charge is 2.82. The van der Waals surface area contributed by atoms with Crippen LogP contribution in [0.2, 0.25) is 0 Å². The van der Waals surface area contributed by atoms with Gasteiger partial charge in [0.25, 0.3) is 0 Å². The van der Waals surface area contributed by atoms with Crippen molar-refractivity contribution in [2.24, 2.45) is 16.7 Å². The molecule has 0 bridgehead atoms. The average Bonchev–Trinajstić information content (AvgIpc) is 2.88. The van der Waals surface area contributed by atoms with Crippen LogP contribution in [0.1, 0.15) is 25.7 Å². The molecule has 2 spiro atoms. The molecule has 3 saturated carbocycles. The van der Waals surface area contributed by atoms with Crippen LogP contribution in [0, 0.1) is 16.7 Å². The van der Waals surface area contributed by atoms with Crippen LogP contribution in [0.5, 0.6) is 0 Å². The van der Waals surface area contributed by atoms with E-state index in [1.165, 1.54) is 13.0 Å². The van der Waals surface area contributed by atoms with Crippen LogP contribution in [0.3, 0.4) is 0 Å². The first-order valence-corrected chi connectivity index (χ1v) is 4.88. The second-order valence-electron chi connectivity index (χ2n) is 4.93. The molecule has 4 fully saturated rings. The first-order valence-electron chi connectivity index (χ1n) is 4.88. The highest BCUT2D eigenvalue weighted by atomic mass is 15.5. The second-order valence-corrected chi connectivity index (χ2v) is 4.93. The summed E-state index contributed by atoms with van der Waals surface area (Å²) in [6.45, 7) is 1.24. The molecule has 3 aliphatic carbocycles. The van der Waals surface area contributed by atoms with E-state index in [2.05, 4.69) is 10.9 Å². The molecule has 0 radical (unpaired) electrons. The van der Waals surface area contributed by atoms with E-state index in [1.807, 2.05) is 0 Å². The maximum atomic E-state index is 3.43. The molecule has 4 aliphatic rings. The maximum absolute atomic E-state index is 3.43. The van der Waals surface area contributed by atoms with E-state index in [1.54, 1.807) is 19.3 Å². The minimum absolute atomic E-state index is 0.818. The van der Waals surface area contributed by atoms with Crippen LogP contribution < -0.4 is 10.9 Å². The van der Waals surface area contributed by atoms with Gasteiger partial charge in [0.1, 0.15) is 0 Å². The van der Waals surface area contributed by atoms with E-state index in [4.69, 9.17) is 0 Å². The molecule has 1 saturated heterocycles. The normalized spacial score (nSPS) is 61.1. The topological polar surface area (TPSA) is 24.1 Å². The molecule has 0 aromatic heterocycles. The van der Waals surface area contributed by atoms with Gasteiger partial charge in [-0.15, -0.1) is 0 Å². The number of fused-ring (bicyclic) bond motifs is 4. The standard InChI is InChI=1S/C9H14N2/c1-2-8(1)3-4-9(8)6-5-10-11-7(6)9/h6-7,10-11H,1-5H2. The summed E-state index contributed by atoms with van der Waals surface area (Å²) in [5, 5.41) is 0. The van der Waals surface area contributed by atoms with E-state index in [0.29, 0.717) is 0 Å². The lowest BCUT2D eigenvalue weighted by molar-refractivity contribution is 0.0795. The third-order valence-corrected chi connectivity index (χ3v) is 4.95. The lowest BCUT2D eigenvalue weighted by Crippen LogP contribution is -2.44. The molecule has 0 amide bonds. The highest BCUT2D eigenvalue weighted by Crippen LogP contribution is 2.83. The summed E-state index contributed by atoms with van der Waals surface area (Å²) < 4.78 is 0. The molecule has 1 heterocycles. The van der Waals surface area contributed by atoms with Crippen molar-refractivity contribution < 1.29 is 0 Å². The van der Waals surface area contributed by atoms with Gasteiger partial charge in [-0.2, -0.15) is 0 Å². The number of hydrazine groups is 1. The predicted octanol–water partition coefficient (Wildman–Crippen LogP) is 0.653. The Balaban J connectivity index is 1.74. The zero-order chi connectivity index (χ0) is 7.10. The molecular formula is C9H14N2. The van der Waals surface area contributed by atoms with Crippen LogP contribution in [0.25, 0.3) is 0 Å². The summed E-state index contributed by atoms with van der Waals surface area (Å²) in [4.78, 5) is 0. The van der Waals surface area contributed by atoms with Crippen LogP contribution >= 0.6 is 0 Å². The Bertz CT molecular complexity index is 222. The molecule has 3 unspecified atom stereocenters. The Morgan fingerprint density at radius 2 is 1.91 bits per heavy atom. The fourth-order valence-corrected chi connectivity index (χ4v) is 4.02. The molecule has 60 valence electrons. The quantitative estimate of drug-likeness (QED) is 0.530. The number of rotatable bonds is 0. The number of nitrogens with one attached hydrogen (secondary N) is 2. The van der Waals surface area contributed by atoms with Crippen molar-refractivity contribution in [1.29, 1.82) is 0 Å². The van der Waals surface area contributed by atoms with Crippen molar-refractivity contribution in [2.75, 3.05) is 6.54 Å². The first-order chi connectivity index (χ1) is 5.39. The Labute approximate surface area is 66.7 Å². The van der Waals surface area contributed by atoms with Crippen molar-refractivity contribution in [1.82, 2.24) is 10.9 Å². The minimum Gasteiger partial charge on any atom is -0.257 e. The van der Waals surface area contributed by atoms with Gasteiger partial charge < -0.3 is 0 Å². The van der Waals surface area contributed by atoms with Gasteiger partial charge in [0, 0.05) is 12.6 Å². The molecule has 0 aromatic rings. The lowest BCUT2D eigenvalue weighted by atomic mass is 9.65. The van der Waals surface area contributed by atoms with Crippen LogP contribution in [-0.4, -0.2) is 12.6 Å². The van der Waals surface area contributed by atoms with Gasteiger partial charge in [0.15, 0.2) is 0 Å². The average molecular weight is 150 g/mol. The molecule has 0 aromatic carbocycles. The van der Waals surface area contributed by atoms with Gasteiger partial charge in [-0.25, -0.2) is 0 Å². The summed E-state index contributed by atoms with van der Waals surface area (Å²) in [6, 6.07) is 0.874. The van der Waals surface area contributed by atoms with E-state index in [0.717, 1.165) is 22.8 Å². The molecule has 3 atom stereocenters. The van der Waals surface area contributed by atoms with Crippen LogP contribution in [0.15, 0.2) is 0 Å². The van der Waals surface area contributed by atoms with Gasteiger partial charge in [0.2, 0.25) is 0 Å². The fourth-order valence-electron chi connectivity index (χ4n) is 4.02. The highest BCUT2D eigenvalue weighted by molar-refractivity contribution is 5.33. The lowest BCUT2D eigenvalue weighted by Gasteiger charge is -2.41. The Morgan fingerprint density at radius 3 is 2.36 bits per heavy atom. The predicted molar refractivity (Wildman–Crippen MR) is 41.8 cm³/mol. The van der Waals surface area contributed by atoms with Crippen LogP contribution in [-0.2, 0) is 0 Å². The summed E-state index contributed by atoms with van der Waals surface area (Å²) in [5.74, 6) is 1.01. The van der Waals surface area contributed by atoms with E-state index < -0.39 is 0 Å². The maximum Gasteiger partial charge on any atom is 0.0325 e. The van der Waals surface area contributed by atoms with Gasteiger partial charge in [-0.3, -0.25) is 10.9 Å². The molecule has 2 heteroatoms. The molecule has 2 nitrogen and oxygen atoms in total. The third kappa shape index (κ3) is 0.372. The second kappa shape index (κ2) is 1.27. The minimum atomic E-state index is 0.818. The summed E-state index contributed by atoms with van der Waals surface area (Å²) in [6.07, 6.45) is 6.15. The Kier molecular flexibility index (Phi) is 0.641. The first kappa shape index (κ1) is 5.55. The summed E-state index contributed by atoms with van der Waals surface area (Å²) >= 11 is 0. The number of hydrogen-bond acceptors (Lipinski definition) is 2.